The first kappa shape index (κ1) is 15.5. The van der Waals surface area contributed by atoms with Gasteiger partial charge in [-0.1, -0.05) is 11.6 Å². The van der Waals surface area contributed by atoms with E-state index < -0.39 is 4.92 Å². The average Bonchev–Trinajstić information content (AvgIpc) is 3.20. The quantitative estimate of drug-likeness (QED) is 0.601. The Morgan fingerprint density at radius 3 is 2.87 bits per heavy atom. The number of benzene rings is 1. The van der Waals surface area contributed by atoms with E-state index in [4.69, 9.17) is 11.6 Å². The van der Waals surface area contributed by atoms with E-state index in [1.54, 1.807) is 29.4 Å². The molecule has 0 spiro atoms. The number of rotatable bonds is 6. The number of aromatic nitrogens is 2. The van der Waals surface area contributed by atoms with Crippen LogP contribution in [0, 0.1) is 16.0 Å². The number of halogens is 1. The van der Waals surface area contributed by atoms with Gasteiger partial charge in [-0.3, -0.25) is 19.6 Å². The molecule has 1 aliphatic carbocycles. The number of anilines is 1. The molecule has 1 aliphatic rings. The predicted octanol–water partition coefficient (Wildman–Crippen LogP) is 2.89. The largest absolute Gasteiger partial charge is 0.310 e. The molecule has 0 saturated heterocycles. The molecular formula is C15H15ClN4O3. The van der Waals surface area contributed by atoms with Crippen molar-refractivity contribution >= 4 is 28.9 Å². The Hall–Kier alpha value is -2.41. The summed E-state index contributed by atoms with van der Waals surface area (Å²) in [6, 6.07) is 6.19. The lowest BCUT2D eigenvalue weighted by Crippen LogP contribution is -2.35. The zero-order chi connectivity index (χ0) is 16.4. The van der Waals surface area contributed by atoms with E-state index in [0.29, 0.717) is 18.2 Å². The van der Waals surface area contributed by atoms with Crippen molar-refractivity contribution in [2.24, 2.45) is 5.92 Å². The van der Waals surface area contributed by atoms with Gasteiger partial charge in [-0.2, -0.15) is 5.10 Å². The minimum atomic E-state index is -0.543. The Kier molecular flexibility index (Phi) is 4.29. The number of amides is 1. The molecule has 8 heteroatoms. The second-order valence-electron chi connectivity index (χ2n) is 5.54. The number of nitro groups is 1. The number of carbonyl (C=O) groups excluding carboxylic acids is 1. The van der Waals surface area contributed by atoms with E-state index in [1.165, 1.54) is 16.8 Å². The molecule has 1 aromatic carbocycles. The van der Waals surface area contributed by atoms with Gasteiger partial charge in [-0.05, 0) is 37.0 Å². The third-order valence-electron chi connectivity index (χ3n) is 3.73. The summed E-state index contributed by atoms with van der Waals surface area (Å²) in [6.45, 7) is 0.648. The van der Waals surface area contributed by atoms with Gasteiger partial charge in [0.2, 0.25) is 5.91 Å². The molecule has 0 N–H and O–H groups in total. The van der Waals surface area contributed by atoms with Gasteiger partial charge in [-0.25, -0.2) is 0 Å². The molecule has 1 heterocycles. The molecule has 2 aromatic rings. The normalized spacial score (nSPS) is 13.8. The van der Waals surface area contributed by atoms with Gasteiger partial charge in [0.15, 0.2) is 0 Å². The van der Waals surface area contributed by atoms with Crippen molar-refractivity contribution in [3.8, 4) is 0 Å². The first-order valence-electron chi connectivity index (χ1n) is 7.26. The molecule has 0 aliphatic heterocycles. The Morgan fingerprint density at radius 1 is 1.48 bits per heavy atom. The fourth-order valence-electron chi connectivity index (χ4n) is 2.34. The Balaban J connectivity index is 1.87. The van der Waals surface area contributed by atoms with Gasteiger partial charge in [0.1, 0.15) is 11.6 Å². The van der Waals surface area contributed by atoms with Crippen molar-refractivity contribution < 1.29 is 9.72 Å². The van der Waals surface area contributed by atoms with Crippen molar-refractivity contribution in [1.82, 2.24) is 9.78 Å². The number of hydrogen-bond acceptors (Lipinski definition) is 4. The molecule has 23 heavy (non-hydrogen) atoms. The molecule has 0 radical (unpaired) electrons. The third-order valence-corrected chi connectivity index (χ3v) is 4.05. The lowest BCUT2D eigenvalue weighted by molar-refractivity contribution is -0.384. The highest BCUT2D eigenvalue weighted by Gasteiger charge is 2.29. The standard InChI is InChI=1S/C15H15ClN4O3/c16-13-5-4-12(8-14(13)20(22)23)19(9-11-2-3-11)15(21)10-18-7-1-6-17-18/h1,4-8,11H,2-3,9-10H2. The van der Waals surface area contributed by atoms with Crippen LogP contribution in [0.5, 0.6) is 0 Å². The molecular weight excluding hydrogens is 320 g/mol. The van der Waals surface area contributed by atoms with E-state index in [9.17, 15) is 14.9 Å². The van der Waals surface area contributed by atoms with Crippen LogP contribution in [0.1, 0.15) is 12.8 Å². The van der Waals surface area contributed by atoms with Gasteiger partial charge in [0, 0.05) is 25.0 Å². The molecule has 120 valence electrons. The zero-order valence-electron chi connectivity index (χ0n) is 12.3. The van der Waals surface area contributed by atoms with E-state index in [1.807, 2.05) is 0 Å². The van der Waals surface area contributed by atoms with Crippen LogP contribution in [0.4, 0.5) is 11.4 Å². The highest BCUT2D eigenvalue weighted by Crippen LogP contribution is 2.34. The Morgan fingerprint density at radius 2 is 2.26 bits per heavy atom. The van der Waals surface area contributed by atoms with Crippen molar-refractivity contribution in [3.05, 3.63) is 51.8 Å². The topological polar surface area (TPSA) is 81.3 Å². The van der Waals surface area contributed by atoms with Gasteiger partial charge in [-0.15, -0.1) is 0 Å². The van der Waals surface area contributed by atoms with Crippen LogP contribution in [0.25, 0.3) is 0 Å². The van der Waals surface area contributed by atoms with Crippen LogP contribution in [0.2, 0.25) is 5.02 Å². The summed E-state index contributed by atoms with van der Waals surface area (Å²) < 4.78 is 1.53. The minimum absolute atomic E-state index is 0.0599. The van der Waals surface area contributed by atoms with Crippen LogP contribution in [-0.2, 0) is 11.3 Å². The summed E-state index contributed by atoms with van der Waals surface area (Å²) in [5, 5.41) is 15.1. The number of hydrogen-bond donors (Lipinski definition) is 0. The fourth-order valence-corrected chi connectivity index (χ4v) is 2.52. The lowest BCUT2D eigenvalue weighted by atomic mass is 10.2. The molecule has 1 amide bonds. The van der Waals surface area contributed by atoms with Crippen molar-refractivity contribution in [2.45, 2.75) is 19.4 Å². The van der Waals surface area contributed by atoms with Gasteiger partial charge >= 0.3 is 0 Å². The minimum Gasteiger partial charge on any atom is -0.310 e. The summed E-state index contributed by atoms with van der Waals surface area (Å²) in [7, 11) is 0. The van der Waals surface area contributed by atoms with Crippen molar-refractivity contribution in [3.63, 3.8) is 0 Å². The monoisotopic (exact) mass is 334 g/mol. The fraction of sp³-hybridized carbons (Fsp3) is 0.333. The molecule has 1 fully saturated rings. The first-order valence-corrected chi connectivity index (χ1v) is 7.64. The van der Waals surface area contributed by atoms with Crippen LogP contribution < -0.4 is 4.90 Å². The summed E-state index contributed by atoms with van der Waals surface area (Å²) in [5.74, 6) is 0.295. The summed E-state index contributed by atoms with van der Waals surface area (Å²) in [5.41, 5.74) is 0.294. The lowest BCUT2D eigenvalue weighted by Gasteiger charge is -2.23. The van der Waals surface area contributed by atoms with E-state index >= 15 is 0 Å². The first-order chi connectivity index (χ1) is 11.0. The molecule has 7 nitrogen and oxygen atoms in total. The smallest absolute Gasteiger partial charge is 0.289 e. The maximum atomic E-state index is 12.6. The van der Waals surface area contributed by atoms with Crippen LogP contribution in [0.15, 0.2) is 36.7 Å². The summed E-state index contributed by atoms with van der Waals surface area (Å²) >= 11 is 5.85. The molecule has 3 rings (SSSR count). The molecule has 0 unspecified atom stereocenters. The zero-order valence-corrected chi connectivity index (χ0v) is 13.0. The van der Waals surface area contributed by atoms with E-state index in [0.717, 1.165) is 12.8 Å². The van der Waals surface area contributed by atoms with Gasteiger partial charge in [0.25, 0.3) is 5.69 Å². The highest BCUT2D eigenvalue weighted by atomic mass is 35.5. The summed E-state index contributed by atoms with van der Waals surface area (Å²) in [6.07, 6.45) is 5.45. The number of nitro benzene ring substituents is 1. The molecule has 1 aromatic heterocycles. The van der Waals surface area contributed by atoms with Crippen LogP contribution >= 0.6 is 11.6 Å². The maximum Gasteiger partial charge on any atom is 0.289 e. The molecule has 1 saturated carbocycles. The average molecular weight is 335 g/mol. The van der Waals surface area contributed by atoms with E-state index in [2.05, 4.69) is 5.10 Å². The Labute approximate surface area is 137 Å². The maximum absolute atomic E-state index is 12.6. The van der Waals surface area contributed by atoms with Gasteiger partial charge in [0.05, 0.1) is 10.6 Å². The second-order valence-corrected chi connectivity index (χ2v) is 5.95. The van der Waals surface area contributed by atoms with Crippen LogP contribution in [0.3, 0.4) is 0 Å². The van der Waals surface area contributed by atoms with Crippen molar-refractivity contribution in [2.75, 3.05) is 11.4 Å². The van der Waals surface area contributed by atoms with E-state index in [-0.39, 0.29) is 23.2 Å². The number of nitrogens with zero attached hydrogens (tertiary/aromatic N) is 4. The van der Waals surface area contributed by atoms with Gasteiger partial charge < -0.3 is 4.90 Å². The highest BCUT2D eigenvalue weighted by molar-refractivity contribution is 6.32. The number of carbonyl (C=O) groups is 1. The summed E-state index contributed by atoms with van der Waals surface area (Å²) in [4.78, 5) is 24.7. The molecule has 0 bridgehead atoms. The van der Waals surface area contributed by atoms with Crippen LogP contribution in [-0.4, -0.2) is 27.2 Å². The molecule has 0 atom stereocenters. The Bertz CT molecular complexity index is 728. The second kappa shape index (κ2) is 6.37. The van der Waals surface area contributed by atoms with Crippen molar-refractivity contribution in [1.29, 1.82) is 0 Å². The SMILES string of the molecule is O=C(Cn1cccn1)N(CC1CC1)c1ccc(Cl)c([N+](=O)[O-])c1. The third kappa shape index (κ3) is 3.68. The predicted molar refractivity (Wildman–Crippen MR) is 85.4 cm³/mol.